The quantitative estimate of drug-likeness (QED) is 0.847. The van der Waals surface area contributed by atoms with Gasteiger partial charge >= 0.3 is 6.01 Å². The van der Waals surface area contributed by atoms with Gasteiger partial charge in [-0.15, -0.1) is 0 Å². The van der Waals surface area contributed by atoms with E-state index in [4.69, 9.17) is 26.2 Å². The molecule has 0 radical (unpaired) electrons. The predicted octanol–water partition coefficient (Wildman–Crippen LogP) is 1.29. The molecule has 0 saturated carbocycles. The molecule has 1 fully saturated rings. The Morgan fingerprint density at radius 2 is 2.00 bits per heavy atom. The zero-order valence-electron chi connectivity index (χ0n) is 12.3. The van der Waals surface area contributed by atoms with Crippen LogP contribution in [0.2, 0.25) is 5.28 Å². The Morgan fingerprint density at radius 1 is 1.29 bits per heavy atom. The largest absolute Gasteiger partial charge is 0.461 e. The summed E-state index contributed by atoms with van der Waals surface area (Å²) < 4.78 is 11.0. The third kappa shape index (κ3) is 4.94. The zero-order valence-corrected chi connectivity index (χ0v) is 13.1. The minimum absolute atomic E-state index is 0.0195. The topological polar surface area (TPSA) is 80.6 Å². The van der Waals surface area contributed by atoms with Crippen molar-refractivity contribution in [1.82, 2.24) is 15.0 Å². The Hall–Kier alpha value is -1.18. The van der Waals surface area contributed by atoms with Gasteiger partial charge in [0.25, 0.3) is 0 Å². The van der Waals surface area contributed by atoms with E-state index in [1.165, 1.54) is 0 Å². The van der Waals surface area contributed by atoms with Gasteiger partial charge in [-0.3, -0.25) is 0 Å². The van der Waals surface area contributed by atoms with Crippen molar-refractivity contribution in [2.24, 2.45) is 0 Å². The smallest absolute Gasteiger partial charge is 0.322 e. The number of hydrogen-bond acceptors (Lipinski definition) is 7. The lowest BCUT2D eigenvalue weighted by Crippen LogP contribution is -2.38. The number of nitrogens with zero attached hydrogens (tertiary/aromatic N) is 4. The lowest BCUT2D eigenvalue weighted by molar-refractivity contribution is 0.0157. The van der Waals surface area contributed by atoms with Gasteiger partial charge in [-0.1, -0.05) is 0 Å². The Bertz CT molecular complexity index is 453. The van der Waals surface area contributed by atoms with Crippen LogP contribution in [-0.4, -0.2) is 58.6 Å². The molecule has 0 aliphatic carbocycles. The SMILES string of the molecule is CC(C)Oc1nc(Cl)nc(N2CCC(OCCO)CC2)n1. The average molecular weight is 317 g/mol. The van der Waals surface area contributed by atoms with E-state index in [0.717, 1.165) is 25.9 Å². The first-order valence-electron chi connectivity index (χ1n) is 7.14. The lowest BCUT2D eigenvalue weighted by atomic mass is 10.1. The Morgan fingerprint density at radius 3 is 2.62 bits per heavy atom. The molecule has 0 aromatic carbocycles. The van der Waals surface area contributed by atoms with Gasteiger partial charge in [0.05, 0.1) is 25.4 Å². The number of anilines is 1. The molecule has 118 valence electrons. The summed E-state index contributed by atoms with van der Waals surface area (Å²) >= 11 is 5.93. The van der Waals surface area contributed by atoms with Crippen LogP contribution in [0.25, 0.3) is 0 Å². The maximum absolute atomic E-state index is 8.77. The van der Waals surface area contributed by atoms with Crippen LogP contribution in [0.15, 0.2) is 0 Å². The van der Waals surface area contributed by atoms with E-state index in [1.807, 2.05) is 18.7 Å². The van der Waals surface area contributed by atoms with Crippen molar-refractivity contribution < 1.29 is 14.6 Å². The van der Waals surface area contributed by atoms with Crippen LogP contribution in [0.5, 0.6) is 6.01 Å². The van der Waals surface area contributed by atoms with Crippen molar-refractivity contribution in [2.75, 3.05) is 31.2 Å². The molecule has 2 heterocycles. The molecule has 1 aliphatic rings. The second-order valence-electron chi connectivity index (χ2n) is 5.13. The van der Waals surface area contributed by atoms with Crippen LogP contribution < -0.4 is 9.64 Å². The number of halogens is 1. The zero-order chi connectivity index (χ0) is 15.2. The molecule has 1 aromatic heterocycles. The van der Waals surface area contributed by atoms with Crippen LogP contribution in [0, 0.1) is 0 Å². The summed E-state index contributed by atoms with van der Waals surface area (Å²) in [4.78, 5) is 14.5. The van der Waals surface area contributed by atoms with Gasteiger partial charge in [0.1, 0.15) is 0 Å². The van der Waals surface area contributed by atoms with Gasteiger partial charge in [0.15, 0.2) is 0 Å². The molecule has 8 heteroatoms. The molecule has 21 heavy (non-hydrogen) atoms. The van der Waals surface area contributed by atoms with Gasteiger partial charge in [-0.05, 0) is 38.3 Å². The lowest BCUT2D eigenvalue weighted by Gasteiger charge is -2.31. The first-order chi connectivity index (χ1) is 10.1. The van der Waals surface area contributed by atoms with E-state index in [2.05, 4.69) is 15.0 Å². The molecular weight excluding hydrogens is 296 g/mol. The summed E-state index contributed by atoms with van der Waals surface area (Å²) in [6.45, 7) is 5.80. The standard InChI is InChI=1S/C13H21ClN4O3/c1-9(2)21-13-16-11(14)15-12(17-13)18-5-3-10(4-6-18)20-8-7-19/h9-10,19H,3-8H2,1-2H3. The number of aromatic nitrogens is 3. The van der Waals surface area contributed by atoms with Crippen LogP contribution in [-0.2, 0) is 4.74 Å². The molecule has 7 nitrogen and oxygen atoms in total. The molecule has 0 bridgehead atoms. The molecular formula is C13H21ClN4O3. The molecule has 1 N–H and O–H groups in total. The van der Waals surface area contributed by atoms with Crippen LogP contribution in [0.4, 0.5) is 5.95 Å². The van der Waals surface area contributed by atoms with E-state index in [1.54, 1.807) is 0 Å². The average Bonchev–Trinajstić information content (AvgIpc) is 2.44. The third-order valence-electron chi connectivity index (χ3n) is 3.09. The van der Waals surface area contributed by atoms with Crippen molar-refractivity contribution in [3.8, 4) is 6.01 Å². The monoisotopic (exact) mass is 316 g/mol. The Balaban J connectivity index is 1.97. The van der Waals surface area contributed by atoms with Crippen molar-refractivity contribution in [3.05, 3.63) is 5.28 Å². The van der Waals surface area contributed by atoms with Gasteiger partial charge in [0, 0.05) is 13.1 Å². The van der Waals surface area contributed by atoms with E-state index < -0.39 is 0 Å². The highest BCUT2D eigenvalue weighted by Crippen LogP contribution is 2.21. The molecule has 0 amide bonds. The third-order valence-corrected chi connectivity index (χ3v) is 3.26. The first kappa shape index (κ1) is 16.2. The summed E-state index contributed by atoms with van der Waals surface area (Å²) in [5, 5.41) is 8.90. The van der Waals surface area contributed by atoms with Gasteiger partial charge in [-0.2, -0.15) is 15.0 Å². The summed E-state index contributed by atoms with van der Waals surface area (Å²) in [5.74, 6) is 0.534. The van der Waals surface area contributed by atoms with Crippen LogP contribution in [0.3, 0.4) is 0 Å². The molecule has 0 spiro atoms. The van der Waals surface area contributed by atoms with E-state index >= 15 is 0 Å². The second-order valence-corrected chi connectivity index (χ2v) is 5.47. The van der Waals surface area contributed by atoms with E-state index in [0.29, 0.717) is 12.6 Å². The van der Waals surface area contributed by atoms with Crippen molar-refractivity contribution in [2.45, 2.75) is 38.9 Å². The molecule has 2 rings (SSSR count). The Labute approximate surface area is 129 Å². The van der Waals surface area contributed by atoms with Gasteiger partial charge in [0.2, 0.25) is 11.2 Å². The molecule has 1 aliphatic heterocycles. The number of piperidine rings is 1. The number of aliphatic hydroxyl groups excluding tert-OH is 1. The van der Waals surface area contributed by atoms with Gasteiger partial charge < -0.3 is 19.5 Å². The van der Waals surface area contributed by atoms with Crippen molar-refractivity contribution >= 4 is 17.5 Å². The van der Waals surface area contributed by atoms with Gasteiger partial charge in [-0.25, -0.2) is 0 Å². The maximum atomic E-state index is 8.77. The van der Waals surface area contributed by atoms with Crippen molar-refractivity contribution in [1.29, 1.82) is 0 Å². The van der Waals surface area contributed by atoms with Crippen LogP contribution in [0.1, 0.15) is 26.7 Å². The summed E-state index contributed by atoms with van der Waals surface area (Å²) in [5.41, 5.74) is 0. The highest BCUT2D eigenvalue weighted by atomic mass is 35.5. The fourth-order valence-electron chi connectivity index (χ4n) is 2.17. The summed E-state index contributed by atoms with van der Waals surface area (Å²) in [6.07, 6.45) is 1.89. The predicted molar refractivity (Wildman–Crippen MR) is 78.9 cm³/mol. The minimum Gasteiger partial charge on any atom is -0.461 e. The maximum Gasteiger partial charge on any atom is 0.322 e. The number of aliphatic hydroxyl groups is 1. The second kappa shape index (κ2) is 7.72. The normalized spacial score (nSPS) is 16.5. The van der Waals surface area contributed by atoms with E-state index in [9.17, 15) is 0 Å². The highest BCUT2D eigenvalue weighted by molar-refractivity contribution is 6.28. The molecule has 0 unspecified atom stereocenters. The fourth-order valence-corrected chi connectivity index (χ4v) is 2.32. The molecule has 1 saturated heterocycles. The summed E-state index contributed by atoms with van der Waals surface area (Å²) in [6, 6.07) is 0.249. The van der Waals surface area contributed by atoms with Crippen LogP contribution >= 0.6 is 11.6 Å². The fraction of sp³-hybridized carbons (Fsp3) is 0.769. The first-order valence-corrected chi connectivity index (χ1v) is 7.52. The molecule has 1 aromatic rings. The number of rotatable bonds is 6. The van der Waals surface area contributed by atoms with E-state index in [-0.39, 0.29) is 30.1 Å². The molecule has 0 atom stereocenters. The minimum atomic E-state index is -0.0195. The summed E-state index contributed by atoms with van der Waals surface area (Å²) in [7, 11) is 0. The Kier molecular flexibility index (Phi) is 5.96. The van der Waals surface area contributed by atoms with Crippen molar-refractivity contribution in [3.63, 3.8) is 0 Å². The number of ether oxygens (including phenoxy) is 2. The number of hydrogen-bond donors (Lipinski definition) is 1. The highest BCUT2D eigenvalue weighted by Gasteiger charge is 2.22.